The molecule has 3 unspecified atom stereocenters. The Labute approximate surface area is 219 Å². The molecule has 2 saturated heterocycles. The van der Waals surface area contributed by atoms with Crippen LogP contribution in [0.4, 0.5) is 10.1 Å². The maximum absolute atomic E-state index is 15.6. The van der Waals surface area contributed by atoms with Gasteiger partial charge in [-0.2, -0.15) is 0 Å². The van der Waals surface area contributed by atoms with Crippen molar-refractivity contribution >= 4 is 23.4 Å². The van der Waals surface area contributed by atoms with Crippen molar-refractivity contribution in [2.45, 2.75) is 64.4 Å². The van der Waals surface area contributed by atoms with Crippen LogP contribution < -0.4 is 10.6 Å². The van der Waals surface area contributed by atoms with E-state index < -0.39 is 48.8 Å². The second-order valence-corrected chi connectivity index (χ2v) is 9.06. The van der Waals surface area contributed by atoms with Gasteiger partial charge in [-0.3, -0.25) is 24.6 Å². The first-order valence-electron chi connectivity index (χ1n) is 15.2. The van der Waals surface area contributed by atoms with Gasteiger partial charge in [-0.05, 0) is 32.4 Å². The van der Waals surface area contributed by atoms with Crippen LogP contribution in [0.2, 0.25) is 0 Å². The van der Waals surface area contributed by atoms with E-state index in [0.29, 0.717) is 25.2 Å². The highest BCUT2D eigenvalue weighted by molar-refractivity contribution is 6.06. The van der Waals surface area contributed by atoms with Gasteiger partial charge >= 0.3 is 0 Å². The number of piperidine rings is 1. The lowest BCUT2D eigenvalue weighted by molar-refractivity contribution is -0.136. The number of fused-ring (bicyclic) bond motifs is 1. The molecule has 2 N–H and O–H groups in total. The Bertz CT molecular complexity index is 1500. The Morgan fingerprint density at radius 2 is 1.86 bits per heavy atom. The van der Waals surface area contributed by atoms with Crippen LogP contribution in [0, 0.1) is 5.82 Å². The number of ether oxygens (including phenoxy) is 1. The number of halogens is 1. The fraction of sp³-hybridized carbons (Fsp3) is 0.444. The summed E-state index contributed by atoms with van der Waals surface area (Å²) in [5, 5.41) is 4.51. The predicted octanol–water partition coefficient (Wildman–Crippen LogP) is 2.81. The summed E-state index contributed by atoms with van der Waals surface area (Å²) in [5.41, 5.74) is 0.116. The number of morpholine rings is 1. The number of benzene rings is 2. The van der Waals surface area contributed by atoms with E-state index in [1.165, 1.54) is 18.2 Å². The van der Waals surface area contributed by atoms with E-state index in [0.717, 1.165) is 0 Å². The maximum Gasteiger partial charge on any atom is 0.255 e. The van der Waals surface area contributed by atoms with Crippen LogP contribution in [0.3, 0.4) is 0 Å². The summed E-state index contributed by atoms with van der Waals surface area (Å²) in [7, 11) is 0. The third-order valence-electron chi connectivity index (χ3n) is 6.20. The predicted molar refractivity (Wildman–Crippen MR) is 131 cm³/mol. The molecule has 0 spiro atoms. The quantitative estimate of drug-likeness (QED) is 0.592. The van der Waals surface area contributed by atoms with Crippen molar-refractivity contribution in [1.29, 1.82) is 0 Å². The van der Waals surface area contributed by atoms with Gasteiger partial charge in [0.15, 0.2) is 0 Å². The first kappa shape index (κ1) is 17.2. The lowest BCUT2D eigenvalue weighted by Crippen LogP contribution is -2.52. The Kier molecular flexibility index (Phi) is 4.77. The Morgan fingerprint density at radius 3 is 2.64 bits per heavy atom. The number of carbonyl (C=O) groups excluding carboxylic acids is 3. The van der Waals surface area contributed by atoms with Crippen molar-refractivity contribution in [2.75, 3.05) is 18.4 Å². The number of hydrogen-bond donors (Lipinski definition) is 2. The maximum atomic E-state index is 15.6. The van der Waals surface area contributed by atoms with Crippen molar-refractivity contribution in [3.8, 4) is 0 Å². The minimum Gasteiger partial charge on any atom is -0.381 e. The molecule has 36 heavy (non-hydrogen) atoms. The van der Waals surface area contributed by atoms with Gasteiger partial charge in [-0.1, -0.05) is 24.3 Å². The largest absolute Gasteiger partial charge is 0.381 e. The number of anilines is 1. The topological polar surface area (TPSA) is 91.0 Å². The summed E-state index contributed by atoms with van der Waals surface area (Å²) in [6.07, 6.45) is -7.08. The molecule has 3 amide bonds. The van der Waals surface area contributed by atoms with E-state index in [1.54, 1.807) is 23.5 Å². The van der Waals surface area contributed by atoms with Crippen molar-refractivity contribution in [3.63, 3.8) is 0 Å². The van der Waals surface area contributed by atoms with Crippen LogP contribution in [0.5, 0.6) is 0 Å². The number of hydrogen-bond acceptors (Lipinski definition) is 6. The molecule has 3 heterocycles. The molecule has 5 rings (SSSR count). The molecule has 3 atom stereocenters. The molecule has 2 aromatic rings. The van der Waals surface area contributed by atoms with E-state index in [1.807, 2.05) is 13.8 Å². The van der Waals surface area contributed by atoms with Crippen molar-refractivity contribution in [1.82, 2.24) is 15.1 Å². The van der Waals surface area contributed by atoms with Crippen LogP contribution >= 0.6 is 0 Å². The zero-order valence-corrected chi connectivity index (χ0v) is 19.9. The van der Waals surface area contributed by atoms with Gasteiger partial charge in [-0.15, -0.1) is 0 Å². The minimum absolute atomic E-state index is 0.00562. The molecule has 0 aliphatic carbocycles. The summed E-state index contributed by atoms with van der Waals surface area (Å²) in [5.74, 6) is -5.02. The van der Waals surface area contributed by atoms with Gasteiger partial charge in [0.25, 0.3) is 5.91 Å². The Morgan fingerprint density at radius 1 is 1.14 bits per heavy atom. The first-order chi connectivity index (χ1) is 19.9. The zero-order valence-electron chi connectivity index (χ0n) is 26.9. The van der Waals surface area contributed by atoms with Gasteiger partial charge in [0.05, 0.1) is 16.3 Å². The molecule has 2 aromatic carbocycles. The van der Waals surface area contributed by atoms with Crippen molar-refractivity contribution in [3.05, 3.63) is 64.5 Å². The molecule has 190 valence electrons. The number of nitrogens with zero attached hydrogens (tertiary/aromatic N) is 2. The highest BCUT2D eigenvalue weighted by Crippen LogP contribution is 2.32. The Hall–Kier alpha value is -3.30. The molecular formula is C27H31FN4O4. The average Bonchev–Trinajstić information content (AvgIpc) is 3.12. The van der Waals surface area contributed by atoms with Gasteiger partial charge < -0.3 is 15.0 Å². The molecule has 3 aliphatic rings. The highest BCUT2D eigenvalue weighted by atomic mass is 19.1. The fourth-order valence-electron chi connectivity index (χ4n) is 4.70. The average molecular weight is 502 g/mol. The smallest absolute Gasteiger partial charge is 0.255 e. The van der Waals surface area contributed by atoms with Crippen LogP contribution in [-0.2, 0) is 33.9 Å². The normalized spacial score (nSPS) is 33.7. The lowest BCUT2D eigenvalue weighted by atomic mass is 10.0. The molecule has 9 heteroatoms. The van der Waals surface area contributed by atoms with Crippen LogP contribution in [0.15, 0.2) is 36.4 Å². The number of carbonyl (C=O) groups is 3. The molecule has 3 aliphatic heterocycles. The molecular weight excluding hydrogens is 463 g/mol. The van der Waals surface area contributed by atoms with Gasteiger partial charge in [0, 0.05) is 72.5 Å². The Balaban J connectivity index is 1.44. The molecule has 0 aromatic heterocycles. The minimum atomic E-state index is -3.64. The summed E-state index contributed by atoms with van der Waals surface area (Å²) in [6, 6.07) is 5.49. The lowest BCUT2D eigenvalue weighted by Gasteiger charge is -2.35. The van der Waals surface area contributed by atoms with E-state index in [-0.39, 0.29) is 46.0 Å². The first-order valence-corrected chi connectivity index (χ1v) is 11.7. The van der Waals surface area contributed by atoms with E-state index in [4.69, 9.17) is 14.3 Å². The fourth-order valence-corrected chi connectivity index (χ4v) is 4.70. The van der Waals surface area contributed by atoms with E-state index in [2.05, 4.69) is 10.2 Å². The van der Waals surface area contributed by atoms with Crippen molar-refractivity contribution < 1.29 is 33.1 Å². The standard InChI is InChI=1S/C27H31FN4O4/c1-16-12-31(13-17(2)36-16)14-19-6-3-5-18(25(19)28)11-29-22-8-4-7-20-21(22)15-32(27(20)35)23-9-10-24(33)30-26(23)34/h3-8,16-17,23,29H,9-15H2,1-2H3,(H,30,33,34)/i9D2,10D2,15D2,23D. The number of nitrogens with one attached hydrogen (secondary N) is 2. The van der Waals surface area contributed by atoms with Crippen LogP contribution in [0.1, 0.15) is 63.2 Å². The van der Waals surface area contributed by atoms with Gasteiger partial charge in [-0.25, -0.2) is 4.39 Å². The number of amides is 3. The number of imide groups is 1. The molecule has 0 radical (unpaired) electrons. The SMILES string of the molecule is [2H]C1([2H])c2c(NCc3cccc(CN4CC(C)OC(C)C4)c3F)cccc2C(=O)N1C1([2H])C(=O)NC(=O)C([2H])([2H])C1([2H])[2H]. The second-order valence-electron chi connectivity index (χ2n) is 9.06. The third kappa shape index (κ3) is 4.85. The van der Waals surface area contributed by atoms with E-state index >= 15 is 4.39 Å². The second kappa shape index (κ2) is 9.99. The van der Waals surface area contributed by atoms with Crippen LogP contribution in [0.25, 0.3) is 0 Å². The zero-order chi connectivity index (χ0) is 31.7. The van der Waals surface area contributed by atoms with Crippen LogP contribution in [-0.4, -0.2) is 58.8 Å². The van der Waals surface area contributed by atoms with Gasteiger partial charge in [0.1, 0.15) is 11.8 Å². The number of rotatable bonds is 6. The monoisotopic (exact) mass is 501 g/mol. The summed E-state index contributed by atoms with van der Waals surface area (Å²) < 4.78 is 80.1. The highest BCUT2D eigenvalue weighted by Gasteiger charge is 2.39. The summed E-state index contributed by atoms with van der Waals surface area (Å²) in [4.78, 5) is 40.6. The summed E-state index contributed by atoms with van der Waals surface area (Å²) >= 11 is 0. The van der Waals surface area contributed by atoms with E-state index in [9.17, 15) is 14.4 Å². The van der Waals surface area contributed by atoms with Gasteiger partial charge in [0.2, 0.25) is 11.8 Å². The third-order valence-corrected chi connectivity index (χ3v) is 6.20. The van der Waals surface area contributed by atoms with Crippen molar-refractivity contribution in [2.24, 2.45) is 0 Å². The summed E-state index contributed by atoms with van der Waals surface area (Å²) in [6.45, 7) is 2.42. The molecule has 0 saturated carbocycles. The molecule has 8 nitrogen and oxygen atoms in total. The molecule has 2 fully saturated rings. The molecule has 0 bridgehead atoms.